The molecule has 1 fully saturated rings. The Labute approximate surface area is 162 Å². The van der Waals surface area contributed by atoms with Crippen molar-refractivity contribution in [3.05, 3.63) is 42.1 Å². The van der Waals surface area contributed by atoms with Gasteiger partial charge in [-0.1, -0.05) is 17.4 Å². The summed E-state index contributed by atoms with van der Waals surface area (Å²) < 4.78 is 5.37. The van der Waals surface area contributed by atoms with Crippen LogP contribution in [0.25, 0.3) is 10.3 Å². The molecule has 3 heterocycles. The van der Waals surface area contributed by atoms with Crippen molar-refractivity contribution in [3.63, 3.8) is 0 Å². The van der Waals surface area contributed by atoms with E-state index in [0.717, 1.165) is 46.1 Å². The lowest BCUT2D eigenvalue weighted by atomic mass is 9.97. The number of thiazole rings is 1. The predicted molar refractivity (Wildman–Crippen MR) is 109 cm³/mol. The van der Waals surface area contributed by atoms with Gasteiger partial charge < -0.3 is 15.0 Å². The lowest BCUT2D eigenvalue weighted by Crippen LogP contribution is -2.40. The van der Waals surface area contributed by atoms with Crippen LogP contribution in [0.4, 0.5) is 10.8 Å². The van der Waals surface area contributed by atoms with Crippen molar-refractivity contribution in [2.24, 2.45) is 5.92 Å². The van der Waals surface area contributed by atoms with E-state index in [1.807, 2.05) is 37.3 Å². The smallest absolute Gasteiger partial charge is 0.229 e. The maximum Gasteiger partial charge on any atom is 0.229 e. The van der Waals surface area contributed by atoms with Crippen molar-refractivity contribution in [1.82, 2.24) is 9.97 Å². The molecule has 0 spiro atoms. The molecule has 4 rings (SSSR count). The summed E-state index contributed by atoms with van der Waals surface area (Å²) in [6.45, 7) is 3.58. The Morgan fingerprint density at radius 3 is 3.07 bits per heavy atom. The maximum atomic E-state index is 12.9. The second-order valence-corrected chi connectivity index (χ2v) is 7.76. The number of carbonyl (C=O) groups excluding carboxylic acids is 1. The zero-order chi connectivity index (χ0) is 18.8. The summed E-state index contributed by atoms with van der Waals surface area (Å²) in [6, 6.07) is 9.66. The highest BCUT2D eigenvalue weighted by atomic mass is 32.1. The van der Waals surface area contributed by atoms with Crippen LogP contribution in [0.1, 0.15) is 18.4 Å². The van der Waals surface area contributed by atoms with Crippen LogP contribution in [0.3, 0.4) is 0 Å². The average Bonchev–Trinajstić information content (AvgIpc) is 3.12. The van der Waals surface area contributed by atoms with Crippen molar-refractivity contribution < 1.29 is 9.53 Å². The Morgan fingerprint density at radius 1 is 1.37 bits per heavy atom. The van der Waals surface area contributed by atoms with Crippen LogP contribution < -0.4 is 15.0 Å². The lowest BCUT2D eigenvalue weighted by Gasteiger charge is -2.31. The van der Waals surface area contributed by atoms with E-state index in [0.29, 0.717) is 12.3 Å². The van der Waals surface area contributed by atoms with Gasteiger partial charge >= 0.3 is 0 Å². The first kappa shape index (κ1) is 17.7. The second-order valence-electron chi connectivity index (χ2n) is 6.80. The number of rotatable bonds is 4. The Morgan fingerprint density at radius 2 is 2.26 bits per heavy atom. The number of piperidine rings is 1. The van der Waals surface area contributed by atoms with Crippen LogP contribution in [0, 0.1) is 12.8 Å². The maximum absolute atomic E-state index is 12.9. The number of fused-ring (bicyclic) bond motifs is 1. The van der Waals surface area contributed by atoms with Crippen LogP contribution in [-0.4, -0.2) is 36.1 Å². The first-order valence-electron chi connectivity index (χ1n) is 9.06. The van der Waals surface area contributed by atoms with E-state index >= 15 is 0 Å². The van der Waals surface area contributed by atoms with E-state index < -0.39 is 0 Å². The molecule has 0 radical (unpaired) electrons. The van der Waals surface area contributed by atoms with Crippen molar-refractivity contribution in [3.8, 4) is 5.75 Å². The van der Waals surface area contributed by atoms with Gasteiger partial charge in [-0.15, -0.1) is 0 Å². The molecule has 1 aromatic carbocycles. The van der Waals surface area contributed by atoms with E-state index in [4.69, 9.17) is 4.74 Å². The fraction of sp³-hybridized carbons (Fsp3) is 0.350. The molecule has 3 aromatic rings. The summed E-state index contributed by atoms with van der Waals surface area (Å²) in [5.41, 5.74) is 2.72. The standard InChI is InChI=1S/C20H22N4O2S/c1-13-7-8-17(26-2)16(11-13)22-18(25)14-5-4-10-24(12-14)20-23-15-6-3-9-21-19(15)27-20/h3,6-9,11,14H,4-5,10,12H2,1-2H3,(H,22,25)/t14-/m0/s1. The molecule has 0 saturated carbocycles. The summed E-state index contributed by atoms with van der Waals surface area (Å²) in [7, 11) is 1.61. The van der Waals surface area contributed by atoms with Gasteiger partial charge in [-0.3, -0.25) is 4.79 Å². The highest BCUT2D eigenvalue weighted by Crippen LogP contribution is 2.31. The Kier molecular flexibility index (Phi) is 4.94. The minimum atomic E-state index is -0.0797. The summed E-state index contributed by atoms with van der Waals surface area (Å²) in [5, 5.41) is 3.99. The predicted octanol–water partition coefficient (Wildman–Crippen LogP) is 3.86. The van der Waals surface area contributed by atoms with E-state index in [1.54, 1.807) is 24.6 Å². The third-order valence-corrected chi connectivity index (χ3v) is 5.87. The molecule has 1 aliphatic rings. The fourth-order valence-electron chi connectivity index (χ4n) is 3.41. The molecule has 27 heavy (non-hydrogen) atoms. The van der Waals surface area contributed by atoms with Gasteiger partial charge in [0.15, 0.2) is 5.13 Å². The highest BCUT2D eigenvalue weighted by molar-refractivity contribution is 7.21. The number of benzene rings is 1. The summed E-state index contributed by atoms with van der Waals surface area (Å²) >= 11 is 1.58. The summed E-state index contributed by atoms with van der Waals surface area (Å²) in [5.74, 6) is 0.630. The number of hydrogen-bond donors (Lipinski definition) is 1. The van der Waals surface area contributed by atoms with Gasteiger partial charge in [-0.05, 0) is 49.6 Å². The monoisotopic (exact) mass is 382 g/mol. The van der Waals surface area contributed by atoms with E-state index in [1.165, 1.54) is 0 Å². The number of pyridine rings is 1. The lowest BCUT2D eigenvalue weighted by molar-refractivity contribution is -0.120. The number of aryl methyl sites for hydroxylation is 1. The summed E-state index contributed by atoms with van der Waals surface area (Å²) in [6.07, 6.45) is 3.62. The SMILES string of the molecule is COc1ccc(C)cc1NC(=O)[C@H]1CCCN(c2nc3cccnc3s2)C1. The molecule has 0 aliphatic carbocycles. The van der Waals surface area contributed by atoms with Gasteiger partial charge in [-0.25, -0.2) is 9.97 Å². The highest BCUT2D eigenvalue weighted by Gasteiger charge is 2.28. The largest absolute Gasteiger partial charge is 0.495 e. The van der Waals surface area contributed by atoms with Crippen molar-refractivity contribution in [1.29, 1.82) is 0 Å². The van der Waals surface area contributed by atoms with Gasteiger partial charge in [0.1, 0.15) is 16.1 Å². The molecule has 7 heteroatoms. The number of nitrogens with one attached hydrogen (secondary N) is 1. The zero-order valence-electron chi connectivity index (χ0n) is 15.4. The molecule has 1 N–H and O–H groups in total. The number of hydrogen-bond acceptors (Lipinski definition) is 6. The fourth-order valence-corrected chi connectivity index (χ4v) is 4.36. The van der Waals surface area contributed by atoms with Crippen LogP contribution in [0.15, 0.2) is 36.5 Å². The molecule has 6 nitrogen and oxygen atoms in total. The van der Waals surface area contributed by atoms with Gasteiger partial charge in [0, 0.05) is 19.3 Å². The number of aromatic nitrogens is 2. The summed E-state index contributed by atoms with van der Waals surface area (Å²) in [4.78, 5) is 25.1. The molecular formula is C20H22N4O2S. The Balaban J connectivity index is 1.49. The van der Waals surface area contributed by atoms with Crippen molar-refractivity contribution >= 4 is 38.4 Å². The van der Waals surface area contributed by atoms with Crippen LogP contribution >= 0.6 is 11.3 Å². The number of carbonyl (C=O) groups is 1. The molecule has 140 valence electrons. The van der Waals surface area contributed by atoms with Crippen LogP contribution in [-0.2, 0) is 4.79 Å². The molecule has 1 aliphatic heterocycles. The van der Waals surface area contributed by atoms with Crippen LogP contribution in [0.5, 0.6) is 5.75 Å². The number of nitrogens with zero attached hydrogens (tertiary/aromatic N) is 3. The molecule has 0 bridgehead atoms. The number of anilines is 2. The number of ether oxygens (including phenoxy) is 1. The van der Waals surface area contributed by atoms with Gasteiger partial charge in [0.2, 0.25) is 5.91 Å². The third-order valence-electron chi connectivity index (χ3n) is 4.83. The second kappa shape index (κ2) is 7.52. The first-order chi connectivity index (χ1) is 13.1. The van der Waals surface area contributed by atoms with Gasteiger partial charge in [-0.2, -0.15) is 0 Å². The molecule has 1 amide bonds. The third kappa shape index (κ3) is 3.73. The first-order valence-corrected chi connectivity index (χ1v) is 9.87. The van der Waals surface area contributed by atoms with Crippen LogP contribution in [0.2, 0.25) is 0 Å². The quantitative estimate of drug-likeness (QED) is 0.742. The molecule has 2 aromatic heterocycles. The minimum absolute atomic E-state index is 0.0304. The molecule has 1 saturated heterocycles. The average molecular weight is 382 g/mol. The van der Waals surface area contributed by atoms with Gasteiger partial charge in [0.05, 0.1) is 18.7 Å². The van der Waals surface area contributed by atoms with E-state index in [2.05, 4.69) is 20.2 Å². The number of amides is 1. The number of methoxy groups -OCH3 is 1. The Hall–Kier alpha value is -2.67. The molecular weight excluding hydrogens is 360 g/mol. The van der Waals surface area contributed by atoms with Crippen molar-refractivity contribution in [2.75, 3.05) is 30.4 Å². The van der Waals surface area contributed by atoms with Crippen molar-refractivity contribution in [2.45, 2.75) is 19.8 Å². The Bertz CT molecular complexity index is 939. The van der Waals surface area contributed by atoms with E-state index in [9.17, 15) is 4.79 Å². The normalized spacial score (nSPS) is 17.1. The van der Waals surface area contributed by atoms with Gasteiger partial charge in [0.25, 0.3) is 0 Å². The molecule has 1 atom stereocenters. The minimum Gasteiger partial charge on any atom is -0.495 e. The van der Waals surface area contributed by atoms with E-state index in [-0.39, 0.29) is 11.8 Å². The zero-order valence-corrected chi connectivity index (χ0v) is 16.3. The molecule has 0 unspecified atom stereocenters. The topological polar surface area (TPSA) is 67.3 Å².